The number of carbonyl (C=O) groups is 1. The first-order valence-electron chi connectivity index (χ1n) is 9.61. The van der Waals surface area contributed by atoms with Crippen LogP contribution in [0.15, 0.2) is 48.8 Å². The van der Waals surface area contributed by atoms with Gasteiger partial charge < -0.3 is 15.0 Å². The van der Waals surface area contributed by atoms with Crippen molar-refractivity contribution in [1.82, 2.24) is 9.97 Å². The monoisotopic (exact) mass is 428 g/mol. The number of rotatable bonds is 5. The summed E-state index contributed by atoms with van der Waals surface area (Å²) in [6, 6.07) is 7.59. The third kappa shape index (κ3) is 4.30. The predicted octanol–water partition coefficient (Wildman–Crippen LogP) is 4.23. The first kappa shape index (κ1) is 20.6. The highest BCUT2D eigenvalue weighted by atomic mass is 19.1. The number of anilines is 2. The van der Waals surface area contributed by atoms with Crippen LogP contribution < -0.4 is 15.0 Å². The molecule has 1 fully saturated rings. The molecule has 4 rings (SSSR count). The molecule has 0 aliphatic carbocycles. The van der Waals surface area contributed by atoms with Gasteiger partial charge in [0.1, 0.15) is 17.8 Å². The minimum atomic E-state index is -1.04. The van der Waals surface area contributed by atoms with Gasteiger partial charge in [0, 0.05) is 36.1 Å². The number of aromatic nitrogens is 2. The highest BCUT2D eigenvalue weighted by Gasteiger charge is 2.27. The fourth-order valence-electron chi connectivity index (χ4n) is 3.47. The Morgan fingerprint density at radius 3 is 2.68 bits per heavy atom. The van der Waals surface area contributed by atoms with Gasteiger partial charge in [-0.2, -0.15) is 0 Å². The van der Waals surface area contributed by atoms with Gasteiger partial charge in [0.2, 0.25) is 5.88 Å². The van der Waals surface area contributed by atoms with Crippen molar-refractivity contribution in [1.29, 1.82) is 0 Å². The van der Waals surface area contributed by atoms with Crippen molar-refractivity contribution in [2.75, 3.05) is 30.4 Å². The smallest absolute Gasteiger partial charge is 0.257 e. The van der Waals surface area contributed by atoms with E-state index in [2.05, 4.69) is 15.3 Å². The quantitative estimate of drug-likeness (QED) is 0.659. The van der Waals surface area contributed by atoms with E-state index in [1.165, 1.54) is 37.7 Å². The van der Waals surface area contributed by atoms with Gasteiger partial charge in [-0.15, -0.1) is 0 Å². The van der Waals surface area contributed by atoms with Gasteiger partial charge in [-0.3, -0.25) is 4.79 Å². The average molecular weight is 428 g/mol. The van der Waals surface area contributed by atoms with Gasteiger partial charge in [-0.1, -0.05) is 0 Å². The van der Waals surface area contributed by atoms with E-state index in [0.29, 0.717) is 18.8 Å². The Balaban J connectivity index is 1.78. The number of ether oxygens (including phenoxy) is 1. The number of hydrogen-bond donors (Lipinski definition) is 1. The van der Waals surface area contributed by atoms with Crippen molar-refractivity contribution in [3.8, 4) is 17.0 Å². The molecule has 1 saturated heterocycles. The number of carbonyl (C=O) groups excluding carboxylic acids is 1. The second-order valence-corrected chi connectivity index (χ2v) is 7.06. The molecule has 1 atom stereocenters. The summed E-state index contributed by atoms with van der Waals surface area (Å²) in [6.45, 7) is 0.477. The molecular weight excluding hydrogens is 409 g/mol. The number of nitrogens with one attached hydrogen (secondary N) is 1. The molecule has 0 radical (unpaired) electrons. The summed E-state index contributed by atoms with van der Waals surface area (Å²) in [5.41, 5.74) is 0.593. The van der Waals surface area contributed by atoms with Crippen LogP contribution in [0.25, 0.3) is 11.1 Å². The molecule has 1 aromatic carbocycles. The number of methoxy groups -OCH3 is 1. The SMILES string of the molecule is COc1ccc(C(=O)Nc2c(-c3cc(F)ccc3F)ccnc2N2CC[C@H](F)C2)cn1. The fourth-order valence-corrected chi connectivity index (χ4v) is 3.47. The predicted molar refractivity (Wildman–Crippen MR) is 110 cm³/mol. The van der Waals surface area contributed by atoms with E-state index < -0.39 is 23.7 Å². The maximum atomic E-state index is 14.6. The van der Waals surface area contributed by atoms with Crippen LogP contribution in [0.5, 0.6) is 5.88 Å². The van der Waals surface area contributed by atoms with Crippen LogP contribution >= 0.6 is 0 Å². The molecule has 0 spiro atoms. The molecular formula is C22H19F3N4O2. The topological polar surface area (TPSA) is 67.3 Å². The second-order valence-electron chi connectivity index (χ2n) is 7.06. The summed E-state index contributed by atoms with van der Waals surface area (Å²) in [6.07, 6.45) is 2.03. The molecule has 6 nitrogen and oxygen atoms in total. The van der Waals surface area contributed by atoms with Gasteiger partial charge in [0.25, 0.3) is 5.91 Å². The molecule has 1 aliphatic heterocycles. The van der Waals surface area contributed by atoms with Crippen LogP contribution in [0, 0.1) is 11.6 Å². The van der Waals surface area contributed by atoms with Crippen molar-refractivity contribution in [2.24, 2.45) is 0 Å². The molecule has 1 aliphatic rings. The van der Waals surface area contributed by atoms with E-state index in [-0.39, 0.29) is 34.7 Å². The van der Waals surface area contributed by atoms with E-state index in [1.54, 1.807) is 4.90 Å². The van der Waals surface area contributed by atoms with Crippen LogP contribution in [0.3, 0.4) is 0 Å². The zero-order chi connectivity index (χ0) is 22.0. The minimum Gasteiger partial charge on any atom is -0.481 e. The Morgan fingerprint density at radius 1 is 1.16 bits per heavy atom. The Hall–Kier alpha value is -3.62. The lowest BCUT2D eigenvalue weighted by Crippen LogP contribution is -2.24. The van der Waals surface area contributed by atoms with Crippen molar-refractivity contribution in [3.63, 3.8) is 0 Å². The van der Waals surface area contributed by atoms with Crippen LogP contribution in [0.1, 0.15) is 16.8 Å². The molecule has 0 saturated carbocycles. The minimum absolute atomic E-state index is 0.0391. The first-order valence-corrected chi connectivity index (χ1v) is 9.61. The van der Waals surface area contributed by atoms with Crippen LogP contribution in [-0.2, 0) is 0 Å². The summed E-state index contributed by atoms with van der Waals surface area (Å²) in [5.74, 6) is -1.19. The maximum absolute atomic E-state index is 14.6. The maximum Gasteiger partial charge on any atom is 0.257 e. The van der Waals surface area contributed by atoms with E-state index in [1.807, 2.05) is 0 Å². The zero-order valence-electron chi connectivity index (χ0n) is 16.6. The Labute approximate surface area is 176 Å². The Morgan fingerprint density at radius 2 is 2.00 bits per heavy atom. The van der Waals surface area contributed by atoms with Gasteiger partial charge in [-0.05, 0) is 36.8 Å². The van der Waals surface area contributed by atoms with E-state index in [4.69, 9.17) is 4.74 Å². The number of amides is 1. The summed E-state index contributed by atoms with van der Waals surface area (Å²) in [5, 5.41) is 2.73. The zero-order valence-corrected chi connectivity index (χ0v) is 16.6. The summed E-state index contributed by atoms with van der Waals surface area (Å²) in [4.78, 5) is 22.9. The van der Waals surface area contributed by atoms with E-state index in [9.17, 15) is 18.0 Å². The molecule has 3 aromatic rings. The average Bonchev–Trinajstić information content (AvgIpc) is 3.21. The second kappa shape index (κ2) is 8.63. The van der Waals surface area contributed by atoms with E-state index >= 15 is 0 Å². The lowest BCUT2D eigenvalue weighted by atomic mass is 10.0. The Bertz CT molecular complexity index is 1110. The van der Waals surface area contributed by atoms with Crippen LogP contribution in [0.4, 0.5) is 24.7 Å². The summed E-state index contributed by atoms with van der Waals surface area (Å²) < 4.78 is 47.3. The number of benzene rings is 1. The fraction of sp³-hybridized carbons (Fsp3) is 0.227. The largest absolute Gasteiger partial charge is 0.481 e. The third-order valence-corrected chi connectivity index (χ3v) is 5.03. The number of halogens is 3. The molecule has 160 valence electrons. The molecule has 1 amide bonds. The lowest BCUT2D eigenvalue weighted by molar-refractivity contribution is 0.102. The van der Waals surface area contributed by atoms with Crippen molar-refractivity contribution < 1.29 is 22.7 Å². The standard InChI is InChI=1S/C22H19F3N4O2/c1-31-19-5-2-13(11-27-19)22(30)28-20-16(17-10-14(23)3-4-18(17)25)6-8-26-21(20)29-9-7-15(24)12-29/h2-6,8,10-11,15H,7,9,12H2,1H3,(H,28,30)/t15-/m0/s1. The van der Waals surface area contributed by atoms with Gasteiger partial charge in [0.05, 0.1) is 24.9 Å². The van der Waals surface area contributed by atoms with Crippen molar-refractivity contribution in [2.45, 2.75) is 12.6 Å². The molecule has 1 N–H and O–H groups in total. The molecule has 0 bridgehead atoms. The normalized spacial score (nSPS) is 15.7. The number of nitrogens with zero attached hydrogens (tertiary/aromatic N) is 3. The van der Waals surface area contributed by atoms with Crippen LogP contribution in [0.2, 0.25) is 0 Å². The first-order chi connectivity index (χ1) is 15.0. The molecule has 0 unspecified atom stereocenters. The van der Waals surface area contributed by atoms with Gasteiger partial charge in [0.15, 0.2) is 5.82 Å². The number of hydrogen-bond acceptors (Lipinski definition) is 5. The highest BCUT2D eigenvalue weighted by molar-refractivity contribution is 6.08. The molecule has 31 heavy (non-hydrogen) atoms. The van der Waals surface area contributed by atoms with Gasteiger partial charge in [-0.25, -0.2) is 23.1 Å². The van der Waals surface area contributed by atoms with Crippen molar-refractivity contribution >= 4 is 17.4 Å². The number of alkyl halides is 1. The van der Waals surface area contributed by atoms with Crippen LogP contribution in [-0.4, -0.2) is 42.2 Å². The molecule has 2 aromatic heterocycles. The molecule has 9 heteroatoms. The van der Waals surface area contributed by atoms with Crippen molar-refractivity contribution in [3.05, 3.63) is 66.0 Å². The Kier molecular flexibility index (Phi) is 5.75. The van der Waals surface area contributed by atoms with E-state index in [0.717, 1.165) is 18.2 Å². The molecule has 3 heterocycles. The summed E-state index contributed by atoms with van der Waals surface area (Å²) >= 11 is 0. The highest BCUT2D eigenvalue weighted by Crippen LogP contribution is 2.38. The number of pyridine rings is 2. The van der Waals surface area contributed by atoms with Gasteiger partial charge >= 0.3 is 0 Å². The lowest BCUT2D eigenvalue weighted by Gasteiger charge is -2.22. The third-order valence-electron chi connectivity index (χ3n) is 5.03. The summed E-state index contributed by atoms with van der Waals surface area (Å²) in [7, 11) is 1.46.